The van der Waals surface area contributed by atoms with Gasteiger partial charge in [0.1, 0.15) is 5.51 Å². The molecule has 2 aromatic rings. The van der Waals surface area contributed by atoms with Gasteiger partial charge in [0.25, 0.3) is 5.91 Å². The maximum Gasteiger partial charge on any atom is 0.251 e. The zero-order chi connectivity index (χ0) is 12.1. The van der Waals surface area contributed by atoms with E-state index in [9.17, 15) is 4.79 Å². The van der Waals surface area contributed by atoms with E-state index in [-0.39, 0.29) is 5.91 Å². The summed E-state index contributed by atoms with van der Waals surface area (Å²) in [5.74, 6) is -0.0753. The first-order chi connectivity index (χ1) is 8.29. The number of anilines is 1. The van der Waals surface area contributed by atoms with Gasteiger partial charge in [0.15, 0.2) is 0 Å². The van der Waals surface area contributed by atoms with Crippen LogP contribution in [0.15, 0.2) is 29.8 Å². The van der Waals surface area contributed by atoms with Crippen LogP contribution in [0.25, 0.3) is 0 Å². The Labute approximate surface area is 103 Å². The zero-order valence-electron chi connectivity index (χ0n) is 9.30. The first kappa shape index (κ1) is 11.5. The van der Waals surface area contributed by atoms with Crippen molar-refractivity contribution in [3.63, 3.8) is 0 Å². The fourth-order valence-electron chi connectivity index (χ4n) is 1.35. The van der Waals surface area contributed by atoms with Crippen molar-refractivity contribution in [1.82, 2.24) is 15.5 Å². The van der Waals surface area contributed by atoms with Gasteiger partial charge in [-0.15, -0.1) is 10.2 Å². The number of nitrogens with one attached hydrogen (secondary N) is 2. The van der Waals surface area contributed by atoms with Crippen molar-refractivity contribution in [2.75, 3.05) is 12.4 Å². The van der Waals surface area contributed by atoms with Crippen molar-refractivity contribution in [3.05, 3.63) is 40.9 Å². The van der Waals surface area contributed by atoms with Gasteiger partial charge in [-0.25, -0.2) is 0 Å². The first-order valence-electron chi connectivity index (χ1n) is 5.10. The third-order valence-corrected chi connectivity index (χ3v) is 2.90. The molecule has 0 bridgehead atoms. The monoisotopic (exact) mass is 248 g/mol. The van der Waals surface area contributed by atoms with Gasteiger partial charge in [-0.05, 0) is 17.7 Å². The number of hydrogen-bond acceptors (Lipinski definition) is 5. The van der Waals surface area contributed by atoms with Crippen LogP contribution in [0.5, 0.6) is 0 Å². The van der Waals surface area contributed by atoms with E-state index in [2.05, 4.69) is 20.8 Å². The Kier molecular flexibility index (Phi) is 3.66. The summed E-state index contributed by atoms with van der Waals surface area (Å²) in [5, 5.41) is 14.1. The number of aromatic nitrogens is 2. The van der Waals surface area contributed by atoms with Crippen molar-refractivity contribution in [2.24, 2.45) is 0 Å². The van der Waals surface area contributed by atoms with E-state index in [1.54, 1.807) is 24.7 Å². The molecule has 1 amide bonds. The molecule has 0 atom stereocenters. The molecule has 0 saturated carbocycles. The van der Waals surface area contributed by atoms with Gasteiger partial charge in [0.2, 0.25) is 5.13 Å². The average Bonchev–Trinajstić information content (AvgIpc) is 2.89. The van der Waals surface area contributed by atoms with Crippen LogP contribution < -0.4 is 10.6 Å². The highest BCUT2D eigenvalue weighted by molar-refractivity contribution is 7.13. The van der Waals surface area contributed by atoms with Crippen molar-refractivity contribution in [3.8, 4) is 0 Å². The van der Waals surface area contributed by atoms with E-state index in [0.717, 1.165) is 10.7 Å². The molecule has 2 rings (SSSR count). The number of amides is 1. The first-order valence-corrected chi connectivity index (χ1v) is 5.98. The Morgan fingerprint density at radius 2 is 2.12 bits per heavy atom. The van der Waals surface area contributed by atoms with Crippen LogP contribution >= 0.6 is 11.3 Å². The maximum absolute atomic E-state index is 11.3. The molecule has 0 saturated heterocycles. The van der Waals surface area contributed by atoms with E-state index in [4.69, 9.17) is 0 Å². The highest BCUT2D eigenvalue weighted by Crippen LogP contribution is 2.11. The molecular weight excluding hydrogens is 236 g/mol. The molecule has 1 heterocycles. The molecule has 2 N–H and O–H groups in total. The molecule has 0 aliphatic heterocycles. The molecule has 0 fully saturated rings. The Balaban J connectivity index is 1.96. The second kappa shape index (κ2) is 5.40. The van der Waals surface area contributed by atoms with Gasteiger partial charge in [-0.3, -0.25) is 4.79 Å². The normalized spacial score (nSPS) is 9.94. The lowest BCUT2D eigenvalue weighted by Crippen LogP contribution is -2.17. The summed E-state index contributed by atoms with van der Waals surface area (Å²) >= 11 is 1.46. The predicted octanol–water partition coefficient (Wildman–Crippen LogP) is 1.51. The van der Waals surface area contributed by atoms with Crippen LogP contribution in [0.1, 0.15) is 15.9 Å². The lowest BCUT2D eigenvalue weighted by atomic mass is 10.1. The Morgan fingerprint density at radius 3 is 2.71 bits per heavy atom. The third kappa shape index (κ3) is 3.01. The highest BCUT2D eigenvalue weighted by atomic mass is 32.1. The number of carbonyl (C=O) groups is 1. The summed E-state index contributed by atoms with van der Waals surface area (Å²) in [5.41, 5.74) is 3.43. The molecule has 17 heavy (non-hydrogen) atoms. The molecule has 1 aromatic heterocycles. The summed E-state index contributed by atoms with van der Waals surface area (Å²) < 4.78 is 0. The molecule has 6 heteroatoms. The Bertz CT molecular complexity index is 481. The third-order valence-electron chi connectivity index (χ3n) is 2.25. The summed E-state index contributed by atoms with van der Waals surface area (Å²) in [6, 6.07) is 7.43. The number of nitrogens with zero attached hydrogens (tertiary/aromatic N) is 2. The molecule has 88 valence electrons. The van der Waals surface area contributed by atoms with Gasteiger partial charge in [0, 0.05) is 19.2 Å². The Hall–Kier alpha value is -1.95. The van der Waals surface area contributed by atoms with Gasteiger partial charge in [-0.1, -0.05) is 23.5 Å². The molecule has 5 nitrogen and oxygen atoms in total. The van der Waals surface area contributed by atoms with Crippen LogP contribution in [0, 0.1) is 0 Å². The molecular formula is C11H12N4OS. The quantitative estimate of drug-likeness (QED) is 0.860. The molecule has 0 spiro atoms. The smallest absolute Gasteiger partial charge is 0.251 e. The van der Waals surface area contributed by atoms with Crippen LogP contribution in [0.3, 0.4) is 0 Å². The molecule has 1 aromatic carbocycles. The molecule has 0 unspecified atom stereocenters. The molecule has 0 radical (unpaired) electrons. The maximum atomic E-state index is 11.3. The van der Waals surface area contributed by atoms with E-state index in [0.29, 0.717) is 12.1 Å². The fourth-order valence-corrected chi connectivity index (χ4v) is 1.79. The van der Waals surface area contributed by atoms with Crippen molar-refractivity contribution >= 4 is 22.4 Å². The minimum Gasteiger partial charge on any atom is -0.356 e. The SMILES string of the molecule is CNC(=O)c1ccc(CNc2nncs2)cc1. The fraction of sp³-hybridized carbons (Fsp3) is 0.182. The number of rotatable bonds is 4. The van der Waals surface area contributed by atoms with Crippen molar-refractivity contribution in [2.45, 2.75) is 6.54 Å². The van der Waals surface area contributed by atoms with Crippen molar-refractivity contribution in [1.29, 1.82) is 0 Å². The average molecular weight is 248 g/mol. The highest BCUT2D eigenvalue weighted by Gasteiger charge is 2.02. The van der Waals surface area contributed by atoms with Crippen LogP contribution in [0.4, 0.5) is 5.13 Å². The predicted molar refractivity (Wildman–Crippen MR) is 67.1 cm³/mol. The lowest BCUT2D eigenvalue weighted by Gasteiger charge is -2.04. The van der Waals surface area contributed by atoms with Crippen molar-refractivity contribution < 1.29 is 4.79 Å². The summed E-state index contributed by atoms with van der Waals surface area (Å²) in [6.07, 6.45) is 0. The topological polar surface area (TPSA) is 66.9 Å². The van der Waals surface area contributed by atoms with Gasteiger partial charge < -0.3 is 10.6 Å². The van der Waals surface area contributed by atoms with E-state index >= 15 is 0 Å². The van der Waals surface area contributed by atoms with Gasteiger partial charge >= 0.3 is 0 Å². The van der Waals surface area contributed by atoms with Gasteiger partial charge in [0.05, 0.1) is 0 Å². The largest absolute Gasteiger partial charge is 0.356 e. The van der Waals surface area contributed by atoms with E-state index in [1.165, 1.54) is 11.3 Å². The van der Waals surface area contributed by atoms with Crippen LogP contribution in [-0.2, 0) is 6.54 Å². The summed E-state index contributed by atoms with van der Waals surface area (Å²) in [7, 11) is 1.62. The van der Waals surface area contributed by atoms with Crippen LogP contribution in [0.2, 0.25) is 0 Å². The molecule has 0 aliphatic rings. The number of hydrogen-bond donors (Lipinski definition) is 2. The second-order valence-electron chi connectivity index (χ2n) is 3.37. The van der Waals surface area contributed by atoms with E-state index in [1.807, 2.05) is 12.1 Å². The Morgan fingerprint density at radius 1 is 1.35 bits per heavy atom. The minimum absolute atomic E-state index is 0.0753. The van der Waals surface area contributed by atoms with Crippen LogP contribution in [-0.4, -0.2) is 23.2 Å². The van der Waals surface area contributed by atoms with Gasteiger partial charge in [-0.2, -0.15) is 0 Å². The molecule has 0 aliphatic carbocycles. The minimum atomic E-state index is -0.0753. The van der Waals surface area contributed by atoms with E-state index < -0.39 is 0 Å². The number of benzene rings is 1. The number of carbonyl (C=O) groups excluding carboxylic acids is 1. The summed E-state index contributed by atoms with van der Waals surface area (Å²) in [6.45, 7) is 0.670. The summed E-state index contributed by atoms with van der Waals surface area (Å²) in [4.78, 5) is 11.3. The standard InChI is InChI=1S/C11H12N4OS/c1-12-10(16)9-4-2-8(3-5-9)6-13-11-15-14-7-17-11/h2-5,7H,6H2,1H3,(H,12,16)(H,13,15). The second-order valence-corrected chi connectivity index (χ2v) is 4.21. The lowest BCUT2D eigenvalue weighted by molar-refractivity contribution is 0.0963. The zero-order valence-corrected chi connectivity index (χ0v) is 10.1.